The quantitative estimate of drug-likeness (QED) is 0.344. The van der Waals surface area contributed by atoms with Crippen LogP contribution in [-0.4, -0.2) is 49.7 Å². The van der Waals surface area contributed by atoms with Gasteiger partial charge in [-0.25, -0.2) is 9.50 Å². The molecule has 2 atom stereocenters. The number of fused-ring (bicyclic) bond motifs is 3. The number of hydrogen-bond acceptors (Lipinski definition) is 6. The Balaban J connectivity index is 1.19. The van der Waals surface area contributed by atoms with Crippen LogP contribution in [0.25, 0.3) is 16.6 Å². The Morgan fingerprint density at radius 1 is 1.00 bits per heavy atom. The molecule has 7 heteroatoms. The maximum atomic E-state index is 9.65. The van der Waals surface area contributed by atoms with E-state index in [-0.39, 0.29) is 0 Å². The molecule has 3 fully saturated rings. The molecule has 37 heavy (non-hydrogen) atoms. The Morgan fingerprint density at radius 2 is 1.86 bits per heavy atom. The fourth-order valence-electron chi connectivity index (χ4n) is 5.83. The van der Waals surface area contributed by atoms with Crippen LogP contribution in [0.4, 0.5) is 5.82 Å². The fraction of sp³-hybridized carbons (Fsp3) is 0.400. The number of piperidine rings is 1. The van der Waals surface area contributed by atoms with Gasteiger partial charge in [-0.15, -0.1) is 0 Å². The molecular formula is C30H33N7. The lowest BCUT2D eigenvalue weighted by molar-refractivity contribution is -0.00875. The molecule has 4 aromatic heterocycles. The molecule has 188 valence electrons. The molecule has 3 aliphatic rings. The van der Waals surface area contributed by atoms with Gasteiger partial charge in [0.05, 0.1) is 17.3 Å². The van der Waals surface area contributed by atoms with E-state index >= 15 is 0 Å². The van der Waals surface area contributed by atoms with Gasteiger partial charge in [0.25, 0.3) is 0 Å². The maximum absolute atomic E-state index is 9.65. The molecule has 2 bridgehead atoms. The topological polar surface area (TPSA) is 73.3 Å². The Morgan fingerprint density at radius 3 is 2.54 bits per heavy atom. The molecule has 3 saturated heterocycles. The van der Waals surface area contributed by atoms with Crippen LogP contribution < -0.4 is 4.90 Å². The van der Waals surface area contributed by atoms with Crippen molar-refractivity contribution in [3.63, 3.8) is 0 Å². The molecule has 3 aliphatic heterocycles. The van der Waals surface area contributed by atoms with Crippen LogP contribution in [-0.2, 0) is 19.4 Å². The van der Waals surface area contributed by atoms with E-state index in [4.69, 9.17) is 4.98 Å². The van der Waals surface area contributed by atoms with Crippen molar-refractivity contribution in [1.29, 1.82) is 5.26 Å². The number of hydrogen-bond donors (Lipinski definition) is 0. The van der Waals surface area contributed by atoms with E-state index in [9.17, 15) is 5.26 Å². The number of pyridine rings is 3. The van der Waals surface area contributed by atoms with Gasteiger partial charge in [-0.2, -0.15) is 10.4 Å². The second-order valence-corrected chi connectivity index (χ2v) is 10.4. The third-order valence-electron chi connectivity index (χ3n) is 7.95. The zero-order valence-corrected chi connectivity index (χ0v) is 21.6. The van der Waals surface area contributed by atoms with Crippen molar-refractivity contribution >= 4 is 11.3 Å². The highest BCUT2D eigenvalue weighted by molar-refractivity contribution is 5.84. The Labute approximate surface area is 218 Å². The molecule has 0 spiro atoms. The van der Waals surface area contributed by atoms with Crippen molar-refractivity contribution in [2.45, 2.75) is 64.6 Å². The van der Waals surface area contributed by atoms with Crippen molar-refractivity contribution in [3.8, 4) is 17.2 Å². The molecule has 0 radical (unpaired) electrons. The summed E-state index contributed by atoms with van der Waals surface area (Å²) in [5.41, 5.74) is 7.18. The number of unbranched alkanes of at least 4 members (excludes halogenated alkanes) is 1. The zero-order valence-electron chi connectivity index (χ0n) is 21.6. The fourth-order valence-corrected chi connectivity index (χ4v) is 5.83. The van der Waals surface area contributed by atoms with Gasteiger partial charge < -0.3 is 4.90 Å². The van der Waals surface area contributed by atoms with Crippen LogP contribution in [0, 0.1) is 11.3 Å². The van der Waals surface area contributed by atoms with Crippen molar-refractivity contribution < 1.29 is 0 Å². The van der Waals surface area contributed by atoms with Crippen LogP contribution >= 0.6 is 0 Å². The first-order chi connectivity index (χ1) is 18.2. The van der Waals surface area contributed by atoms with Gasteiger partial charge in [0.1, 0.15) is 11.9 Å². The first kappa shape index (κ1) is 23.6. The Hall–Kier alpha value is -3.76. The van der Waals surface area contributed by atoms with Gasteiger partial charge in [0.2, 0.25) is 0 Å². The lowest BCUT2D eigenvalue weighted by Gasteiger charge is -2.56. The number of aryl methyl sites for hydroxylation is 2. The summed E-state index contributed by atoms with van der Waals surface area (Å²) in [7, 11) is 0. The Kier molecular flexibility index (Phi) is 6.35. The Bertz CT molecular complexity index is 1420. The van der Waals surface area contributed by atoms with Gasteiger partial charge >= 0.3 is 0 Å². The second-order valence-electron chi connectivity index (χ2n) is 10.4. The van der Waals surface area contributed by atoms with Crippen LogP contribution in [0.2, 0.25) is 0 Å². The van der Waals surface area contributed by atoms with E-state index < -0.39 is 0 Å². The number of anilines is 1. The lowest BCUT2D eigenvalue weighted by Crippen LogP contribution is -2.68. The van der Waals surface area contributed by atoms with Crippen molar-refractivity contribution in [3.05, 3.63) is 77.5 Å². The van der Waals surface area contributed by atoms with Gasteiger partial charge in [-0.3, -0.25) is 9.88 Å². The number of nitriles is 1. The van der Waals surface area contributed by atoms with Crippen LogP contribution in [0.15, 0.2) is 55.1 Å². The molecule has 0 aromatic carbocycles. The summed E-state index contributed by atoms with van der Waals surface area (Å²) in [6.45, 7) is 7.32. The molecule has 0 saturated carbocycles. The standard InChI is InChI=1S/C30H33N7/c1-3-5-6-21-11-28(30-24(13-31)16-34-37(30)18-21)23-8-10-29(33-15-23)35-19-26-12-27(20-35)36(26)17-22-7-9-25(4-2)32-14-22/h7-11,14-16,18,26-27H,3-6,12,17,19-20H2,1-2H3. The first-order valence-electron chi connectivity index (χ1n) is 13.5. The van der Waals surface area contributed by atoms with E-state index in [0.29, 0.717) is 17.6 Å². The zero-order chi connectivity index (χ0) is 25.4. The molecule has 0 aliphatic carbocycles. The van der Waals surface area contributed by atoms with Crippen LogP contribution in [0.3, 0.4) is 0 Å². The summed E-state index contributed by atoms with van der Waals surface area (Å²) in [6, 6.07) is 14.3. The van der Waals surface area contributed by atoms with Crippen molar-refractivity contribution in [2.75, 3.05) is 18.0 Å². The average Bonchev–Trinajstić information content (AvgIpc) is 3.38. The summed E-state index contributed by atoms with van der Waals surface area (Å²) in [5, 5.41) is 14.1. The predicted molar refractivity (Wildman–Crippen MR) is 145 cm³/mol. The number of nitrogens with zero attached hydrogens (tertiary/aromatic N) is 7. The predicted octanol–water partition coefficient (Wildman–Crippen LogP) is 5.03. The summed E-state index contributed by atoms with van der Waals surface area (Å²) in [4.78, 5) is 14.5. The third-order valence-corrected chi connectivity index (χ3v) is 7.95. The molecule has 2 unspecified atom stereocenters. The minimum absolute atomic E-state index is 0.561. The third kappa shape index (κ3) is 4.47. The maximum Gasteiger partial charge on any atom is 0.128 e. The molecule has 7 heterocycles. The van der Waals surface area contributed by atoms with E-state index in [1.807, 2.05) is 16.9 Å². The molecule has 0 amide bonds. The molecular weight excluding hydrogens is 458 g/mol. The normalized spacial score (nSPS) is 19.1. The van der Waals surface area contributed by atoms with Crippen molar-refractivity contribution in [1.82, 2.24) is 24.5 Å². The number of piperazine rings is 1. The van der Waals surface area contributed by atoms with E-state index in [0.717, 1.165) is 73.5 Å². The van der Waals surface area contributed by atoms with Crippen LogP contribution in [0.1, 0.15) is 55.5 Å². The second kappa shape index (κ2) is 9.95. The highest BCUT2D eigenvalue weighted by Crippen LogP contribution is 2.36. The molecule has 7 rings (SSSR count). The average molecular weight is 492 g/mol. The number of rotatable bonds is 8. The SMILES string of the molecule is CCCCc1cc(-c2ccc(N3CC4CC(C3)N4Cc3ccc(CC)nc3)nc2)c2c(C#N)cnn2c1. The lowest BCUT2D eigenvalue weighted by atomic mass is 9.87. The van der Waals surface area contributed by atoms with Crippen molar-refractivity contribution in [2.24, 2.45) is 0 Å². The number of aromatic nitrogens is 4. The molecule has 4 aromatic rings. The van der Waals surface area contributed by atoms with E-state index in [2.05, 4.69) is 76.3 Å². The highest BCUT2D eigenvalue weighted by Gasteiger charge is 2.44. The van der Waals surface area contributed by atoms with Gasteiger partial charge in [-0.05, 0) is 61.1 Å². The minimum Gasteiger partial charge on any atom is -0.353 e. The highest BCUT2D eigenvalue weighted by atomic mass is 15.4. The molecule has 0 N–H and O–H groups in total. The summed E-state index contributed by atoms with van der Waals surface area (Å²) in [6.07, 6.45) is 13.2. The minimum atomic E-state index is 0.561. The largest absolute Gasteiger partial charge is 0.353 e. The summed E-state index contributed by atoms with van der Waals surface area (Å²) in [5.74, 6) is 1.03. The summed E-state index contributed by atoms with van der Waals surface area (Å²) < 4.78 is 1.85. The smallest absolute Gasteiger partial charge is 0.128 e. The van der Waals surface area contributed by atoms with Crippen LogP contribution in [0.5, 0.6) is 0 Å². The first-order valence-corrected chi connectivity index (χ1v) is 13.5. The molecule has 7 nitrogen and oxygen atoms in total. The van der Waals surface area contributed by atoms with Gasteiger partial charge in [0, 0.05) is 67.1 Å². The monoisotopic (exact) mass is 491 g/mol. The van der Waals surface area contributed by atoms with E-state index in [1.54, 1.807) is 6.20 Å². The van der Waals surface area contributed by atoms with E-state index in [1.165, 1.54) is 17.5 Å². The van der Waals surface area contributed by atoms with Gasteiger partial charge in [0.15, 0.2) is 0 Å². The summed E-state index contributed by atoms with van der Waals surface area (Å²) >= 11 is 0. The van der Waals surface area contributed by atoms with Gasteiger partial charge in [-0.1, -0.05) is 26.3 Å².